The summed E-state index contributed by atoms with van der Waals surface area (Å²) in [6, 6.07) is 3.84. The number of piperazine rings is 1. The smallest absolute Gasteiger partial charge is 0.225 e. The Hall–Kier alpha value is -2.48. The van der Waals surface area contributed by atoms with Crippen molar-refractivity contribution in [2.75, 3.05) is 61.6 Å². The Morgan fingerprint density at radius 3 is 2.54 bits per heavy atom. The van der Waals surface area contributed by atoms with Gasteiger partial charge in [-0.25, -0.2) is 19.9 Å². The molecule has 1 aliphatic rings. The molecule has 1 saturated heterocycles. The highest BCUT2D eigenvalue weighted by atomic mass is 16.5. The SMILES string of the molecule is COCCCNc1cc(N2CCN(c3ncccn3)CC2)ncn1. The van der Waals surface area contributed by atoms with Crippen LogP contribution in [0.25, 0.3) is 0 Å². The monoisotopic (exact) mass is 329 g/mol. The molecule has 0 aliphatic carbocycles. The van der Waals surface area contributed by atoms with Crippen molar-refractivity contribution >= 4 is 17.6 Å². The van der Waals surface area contributed by atoms with Gasteiger partial charge in [-0.1, -0.05) is 0 Å². The standard InChI is InChI=1S/C16H23N7O/c1-24-11-3-6-17-14-12-15(21-13-20-14)22-7-9-23(10-8-22)16-18-4-2-5-19-16/h2,4-5,12-13H,3,6-11H2,1H3,(H,17,20,21). The number of anilines is 3. The van der Waals surface area contributed by atoms with E-state index in [4.69, 9.17) is 4.74 Å². The van der Waals surface area contributed by atoms with Crippen molar-refractivity contribution in [3.8, 4) is 0 Å². The summed E-state index contributed by atoms with van der Waals surface area (Å²) in [7, 11) is 1.71. The normalized spacial score (nSPS) is 14.7. The molecule has 3 heterocycles. The highest BCUT2D eigenvalue weighted by molar-refractivity contribution is 5.49. The molecule has 3 rings (SSSR count). The van der Waals surface area contributed by atoms with Gasteiger partial charge < -0.3 is 19.9 Å². The summed E-state index contributed by atoms with van der Waals surface area (Å²) >= 11 is 0. The summed E-state index contributed by atoms with van der Waals surface area (Å²) < 4.78 is 5.05. The quantitative estimate of drug-likeness (QED) is 0.755. The Kier molecular flexibility index (Phi) is 5.73. The van der Waals surface area contributed by atoms with Gasteiger partial charge in [-0.05, 0) is 12.5 Å². The molecule has 128 valence electrons. The highest BCUT2D eigenvalue weighted by Crippen LogP contribution is 2.17. The zero-order chi connectivity index (χ0) is 16.6. The molecule has 0 saturated carbocycles. The molecule has 24 heavy (non-hydrogen) atoms. The molecular formula is C16H23N7O. The number of nitrogens with one attached hydrogen (secondary N) is 1. The fourth-order valence-corrected chi connectivity index (χ4v) is 2.64. The molecule has 2 aromatic rings. The topological polar surface area (TPSA) is 79.3 Å². The first-order valence-electron chi connectivity index (χ1n) is 8.18. The molecule has 8 heteroatoms. The fourth-order valence-electron chi connectivity index (χ4n) is 2.64. The Bertz CT molecular complexity index is 617. The van der Waals surface area contributed by atoms with Crippen LogP contribution in [-0.2, 0) is 4.74 Å². The van der Waals surface area contributed by atoms with E-state index in [9.17, 15) is 0 Å². The first-order valence-corrected chi connectivity index (χ1v) is 8.18. The largest absolute Gasteiger partial charge is 0.385 e. The average Bonchev–Trinajstić information content (AvgIpc) is 2.66. The van der Waals surface area contributed by atoms with Crippen molar-refractivity contribution in [2.45, 2.75) is 6.42 Å². The molecule has 8 nitrogen and oxygen atoms in total. The van der Waals surface area contributed by atoms with Gasteiger partial charge in [0.2, 0.25) is 5.95 Å². The number of hydrogen-bond donors (Lipinski definition) is 1. The molecule has 0 atom stereocenters. The molecule has 1 aliphatic heterocycles. The summed E-state index contributed by atoms with van der Waals surface area (Å²) in [6.45, 7) is 5.11. The van der Waals surface area contributed by atoms with Crippen molar-refractivity contribution in [1.82, 2.24) is 19.9 Å². The van der Waals surface area contributed by atoms with E-state index >= 15 is 0 Å². The maximum atomic E-state index is 5.05. The molecule has 0 unspecified atom stereocenters. The molecular weight excluding hydrogens is 306 g/mol. The Balaban J connectivity index is 1.54. The highest BCUT2D eigenvalue weighted by Gasteiger charge is 2.20. The molecule has 1 fully saturated rings. The van der Waals surface area contributed by atoms with Gasteiger partial charge in [-0.3, -0.25) is 0 Å². The summed E-state index contributed by atoms with van der Waals surface area (Å²) in [5.74, 6) is 2.60. The maximum absolute atomic E-state index is 5.05. The molecule has 0 radical (unpaired) electrons. The first kappa shape index (κ1) is 16.4. The van der Waals surface area contributed by atoms with E-state index in [2.05, 4.69) is 35.1 Å². The van der Waals surface area contributed by atoms with Crippen LogP contribution in [0.5, 0.6) is 0 Å². The van der Waals surface area contributed by atoms with Crippen LogP contribution in [-0.4, -0.2) is 66.4 Å². The lowest BCUT2D eigenvalue weighted by Crippen LogP contribution is -2.47. The van der Waals surface area contributed by atoms with E-state index in [0.29, 0.717) is 0 Å². The Morgan fingerprint density at radius 2 is 1.79 bits per heavy atom. The van der Waals surface area contributed by atoms with Crippen LogP contribution >= 0.6 is 0 Å². The number of ether oxygens (including phenoxy) is 1. The van der Waals surface area contributed by atoms with E-state index < -0.39 is 0 Å². The van der Waals surface area contributed by atoms with Crippen LogP contribution < -0.4 is 15.1 Å². The van der Waals surface area contributed by atoms with E-state index in [1.54, 1.807) is 25.8 Å². The number of aromatic nitrogens is 4. The van der Waals surface area contributed by atoms with Crippen LogP contribution in [0.3, 0.4) is 0 Å². The minimum atomic E-state index is 0.745. The third-order valence-corrected chi connectivity index (χ3v) is 3.92. The van der Waals surface area contributed by atoms with Crippen LogP contribution in [0.2, 0.25) is 0 Å². The lowest BCUT2D eigenvalue weighted by Gasteiger charge is -2.35. The van der Waals surface area contributed by atoms with E-state index in [1.165, 1.54) is 0 Å². The van der Waals surface area contributed by atoms with Crippen LogP contribution in [0.1, 0.15) is 6.42 Å². The number of nitrogens with zero attached hydrogens (tertiary/aromatic N) is 6. The Morgan fingerprint density at radius 1 is 1.04 bits per heavy atom. The van der Waals surface area contributed by atoms with Crippen LogP contribution in [0.15, 0.2) is 30.9 Å². The predicted octanol–water partition coefficient (Wildman–Crippen LogP) is 1.04. The van der Waals surface area contributed by atoms with E-state index in [0.717, 1.165) is 63.3 Å². The summed E-state index contributed by atoms with van der Waals surface area (Å²) in [5, 5.41) is 3.31. The molecule has 0 spiro atoms. The van der Waals surface area contributed by atoms with Gasteiger partial charge in [0, 0.05) is 64.9 Å². The third kappa shape index (κ3) is 4.29. The molecule has 1 N–H and O–H groups in total. The maximum Gasteiger partial charge on any atom is 0.225 e. The average molecular weight is 329 g/mol. The van der Waals surface area contributed by atoms with Crippen molar-refractivity contribution < 1.29 is 4.74 Å². The molecule has 0 bridgehead atoms. The van der Waals surface area contributed by atoms with E-state index in [-0.39, 0.29) is 0 Å². The summed E-state index contributed by atoms with van der Waals surface area (Å²) in [4.78, 5) is 21.8. The van der Waals surface area contributed by atoms with Gasteiger partial charge in [0.05, 0.1) is 0 Å². The van der Waals surface area contributed by atoms with Gasteiger partial charge in [-0.2, -0.15) is 0 Å². The lowest BCUT2D eigenvalue weighted by atomic mass is 10.3. The van der Waals surface area contributed by atoms with Crippen molar-refractivity contribution in [3.05, 3.63) is 30.9 Å². The minimum Gasteiger partial charge on any atom is -0.385 e. The predicted molar refractivity (Wildman–Crippen MR) is 93.5 cm³/mol. The molecule has 2 aromatic heterocycles. The van der Waals surface area contributed by atoms with Crippen LogP contribution in [0.4, 0.5) is 17.6 Å². The third-order valence-electron chi connectivity index (χ3n) is 3.92. The zero-order valence-corrected chi connectivity index (χ0v) is 13.9. The molecule has 0 amide bonds. The van der Waals surface area contributed by atoms with Gasteiger partial charge in [0.1, 0.15) is 18.0 Å². The van der Waals surface area contributed by atoms with Crippen LogP contribution in [0, 0.1) is 0 Å². The molecule has 0 aromatic carbocycles. The fraction of sp³-hybridized carbons (Fsp3) is 0.500. The van der Waals surface area contributed by atoms with Gasteiger partial charge >= 0.3 is 0 Å². The van der Waals surface area contributed by atoms with Crippen molar-refractivity contribution in [3.63, 3.8) is 0 Å². The summed E-state index contributed by atoms with van der Waals surface area (Å²) in [6.07, 6.45) is 6.12. The first-order chi connectivity index (χ1) is 11.9. The van der Waals surface area contributed by atoms with Crippen molar-refractivity contribution in [1.29, 1.82) is 0 Å². The van der Waals surface area contributed by atoms with Gasteiger partial charge in [0.25, 0.3) is 0 Å². The minimum absolute atomic E-state index is 0.745. The second-order valence-electron chi connectivity index (χ2n) is 5.56. The lowest BCUT2D eigenvalue weighted by molar-refractivity contribution is 0.198. The number of rotatable bonds is 7. The van der Waals surface area contributed by atoms with E-state index in [1.807, 2.05) is 12.1 Å². The second-order valence-corrected chi connectivity index (χ2v) is 5.56. The van der Waals surface area contributed by atoms with Gasteiger partial charge in [0.15, 0.2) is 0 Å². The number of hydrogen-bond acceptors (Lipinski definition) is 8. The van der Waals surface area contributed by atoms with Gasteiger partial charge in [-0.15, -0.1) is 0 Å². The van der Waals surface area contributed by atoms with Crippen molar-refractivity contribution in [2.24, 2.45) is 0 Å². The second kappa shape index (κ2) is 8.39. The zero-order valence-electron chi connectivity index (χ0n) is 13.9. The Labute approximate surface area is 141 Å². The summed E-state index contributed by atoms with van der Waals surface area (Å²) in [5.41, 5.74) is 0. The number of methoxy groups -OCH3 is 1.